The molecule has 3 rings (SSSR count). The van der Waals surface area contributed by atoms with Crippen LogP contribution in [0.4, 0.5) is 4.39 Å². The summed E-state index contributed by atoms with van der Waals surface area (Å²) in [5, 5.41) is 9.04. The van der Waals surface area contributed by atoms with Crippen LogP contribution in [0.2, 0.25) is 0 Å². The van der Waals surface area contributed by atoms with Gasteiger partial charge in [0.25, 0.3) is 0 Å². The van der Waals surface area contributed by atoms with Crippen LogP contribution in [0, 0.1) is 5.41 Å². The molecular formula is C16H20FN3O. The normalized spacial score (nSPS) is 28.1. The molecule has 3 unspecified atom stereocenters. The quantitative estimate of drug-likeness (QED) is 0.910. The molecule has 1 N–H and O–H groups in total. The highest BCUT2D eigenvalue weighted by molar-refractivity contribution is 6.40. The molecule has 2 aliphatic rings. The fraction of sp³-hybridized carbons (Fsp3) is 0.500. The molecule has 0 aliphatic carbocycles. The first-order valence-electron chi connectivity index (χ1n) is 7.25. The molecule has 0 spiro atoms. The Morgan fingerprint density at radius 1 is 1.33 bits per heavy atom. The summed E-state index contributed by atoms with van der Waals surface area (Å²) in [6, 6.07) is 9.62. The largest absolute Gasteiger partial charge is 0.342 e. The first-order valence-corrected chi connectivity index (χ1v) is 7.25. The van der Waals surface area contributed by atoms with E-state index in [9.17, 15) is 9.18 Å². The average Bonchev–Trinajstić information content (AvgIpc) is 2.99. The van der Waals surface area contributed by atoms with Gasteiger partial charge in [-0.15, -0.1) is 0 Å². The number of nitrogens with zero attached hydrogens (tertiary/aromatic N) is 2. The van der Waals surface area contributed by atoms with E-state index in [2.05, 4.69) is 10.4 Å². The maximum atomic E-state index is 14.3. The van der Waals surface area contributed by atoms with E-state index in [0.29, 0.717) is 6.42 Å². The van der Waals surface area contributed by atoms with Gasteiger partial charge in [-0.3, -0.25) is 9.80 Å². The SMILES string of the molecule is CC(C)(C)C(=O)C1=NN2C(c3ccccc3)CC(F)C2N1. The van der Waals surface area contributed by atoms with Crippen molar-refractivity contribution in [1.82, 2.24) is 10.3 Å². The number of benzene rings is 1. The molecule has 0 aromatic heterocycles. The van der Waals surface area contributed by atoms with E-state index < -0.39 is 17.8 Å². The number of amidine groups is 1. The minimum absolute atomic E-state index is 0.0871. The van der Waals surface area contributed by atoms with Gasteiger partial charge in [-0.25, -0.2) is 4.39 Å². The molecule has 0 saturated carbocycles. The van der Waals surface area contributed by atoms with Gasteiger partial charge in [-0.05, 0) is 5.56 Å². The average molecular weight is 289 g/mol. The Hall–Kier alpha value is -1.91. The Labute approximate surface area is 124 Å². The molecular weight excluding hydrogens is 269 g/mol. The van der Waals surface area contributed by atoms with Crippen LogP contribution in [0.25, 0.3) is 0 Å². The molecule has 3 atom stereocenters. The number of nitrogens with one attached hydrogen (secondary N) is 1. The van der Waals surface area contributed by atoms with Gasteiger partial charge in [0.05, 0.1) is 6.04 Å². The fourth-order valence-corrected chi connectivity index (χ4v) is 2.81. The minimum atomic E-state index is -1.04. The van der Waals surface area contributed by atoms with Crippen molar-refractivity contribution >= 4 is 11.6 Å². The molecule has 1 fully saturated rings. The van der Waals surface area contributed by atoms with Crippen molar-refractivity contribution < 1.29 is 9.18 Å². The topological polar surface area (TPSA) is 44.7 Å². The second-order valence-electron chi connectivity index (χ2n) is 6.68. The highest BCUT2D eigenvalue weighted by Crippen LogP contribution is 2.39. The number of Topliss-reactive ketones (excluding diaryl/α,β-unsaturated/α-hetero) is 1. The summed E-state index contributed by atoms with van der Waals surface area (Å²) in [5.74, 6) is 0.187. The zero-order chi connectivity index (χ0) is 15.2. The van der Waals surface area contributed by atoms with Crippen molar-refractivity contribution in [3.63, 3.8) is 0 Å². The van der Waals surface area contributed by atoms with E-state index in [1.807, 2.05) is 51.1 Å². The zero-order valence-electron chi connectivity index (χ0n) is 12.5. The molecule has 5 heteroatoms. The van der Waals surface area contributed by atoms with Crippen LogP contribution in [-0.4, -0.2) is 29.0 Å². The third kappa shape index (κ3) is 2.41. The van der Waals surface area contributed by atoms with Gasteiger partial charge in [0, 0.05) is 11.8 Å². The van der Waals surface area contributed by atoms with E-state index in [1.165, 1.54) is 0 Å². The van der Waals surface area contributed by atoms with Crippen LogP contribution in [0.3, 0.4) is 0 Å². The summed E-state index contributed by atoms with van der Waals surface area (Å²) in [5.41, 5.74) is 0.497. The van der Waals surface area contributed by atoms with E-state index in [-0.39, 0.29) is 17.7 Å². The number of hydrazone groups is 1. The highest BCUT2D eigenvalue weighted by Gasteiger charge is 2.47. The zero-order valence-corrected chi connectivity index (χ0v) is 12.5. The molecule has 112 valence electrons. The molecule has 1 aromatic rings. The van der Waals surface area contributed by atoms with Crippen molar-refractivity contribution in [2.24, 2.45) is 10.5 Å². The van der Waals surface area contributed by atoms with Crippen molar-refractivity contribution in [2.45, 2.75) is 45.6 Å². The lowest BCUT2D eigenvalue weighted by Gasteiger charge is -2.21. The number of alkyl halides is 1. The van der Waals surface area contributed by atoms with Crippen LogP contribution >= 0.6 is 0 Å². The third-order valence-corrected chi connectivity index (χ3v) is 3.98. The Morgan fingerprint density at radius 2 is 2.00 bits per heavy atom. The van der Waals surface area contributed by atoms with Gasteiger partial charge < -0.3 is 5.32 Å². The van der Waals surface area contributed by atoms with Gasteiger partial charge in [-0.1, -0.05) is 51.1 Å². The summed E-state index contributed by atoms with van der Waals surface area (Å²) in [6.07, 6.45) is -1.18. The molecule has 2 aliphatic heterocycles. The number of hydrogen-bond acceptors (Lipinski definition) is 4. The molecule has 1 aromatic carbocycles. The molecule has 21 heavy (non-hydrogen) atoms. The van der Waals surface area contributed by atoms with Crippen LogP contribution in [0.1, 0.15) is 38.8 Å². The summed E-state index contributed by atoms with van der Waals surface area (Å²) >= 11 is 0. The predicted molar refractivity (Wildman–Crippen MR) is 79.4 cm³/mol. The van der Waals surface area contributed by atoms with Crippen LogP contribution in [-0.2, 0) is 4.79 Å². The van der Waals surface area contributed by atoms with E-state index in [1.54, 1.807) is 5.01 Å². The van der Waals surface area contributed by atoms with E-state index in [0.717, 1.165) is 5.56 Å². The van der Waals surface area contributed by atoms with Crippen molar-refractivity contribution in [3.8, 4) is 0 Å². The second-order valence-corrected chi connectivity index (χ2v) is 6.68. The van der Waals surface area contributed by atoms with Crippen LogP contribution in [0.5, 0.6) is 0 Å². The summed E-state index contributed by atoms with van der Waals surface area (Å²) in [6.45, 7) is 5.51. The lowest BCUT2D eigenvalue weighted by atomic mass is 9.90. The highest BCUT2D eigenvalue weighted by atomic mass is 19.1. The van der Waals surface area contributed by atoms with Crippen LogP contribution < -0.4 is 5.32 Å². The summed E-state index contributed by atoms with van der Waals surface area (Å²) in [7, 11) is 0. The van der Waals surface area contributed by atoms with Gasteiger partial charge in [-0.2, -0.15) is 5.10 Å². The molecule has 4 nitrogen and oxygen atoms in total. The molecule has 2 heterocycles. The van der Waals surface area contributed by atoms with Crippen molar-refractivity contribution in [1.29, 1.82) is 0 Å². The number of carbonyl (C=O) groups excluding carboxylic acids is 1. The van der Waals surface area contributed by atoms with Crippen molar-refractivity contribution in [3.05, 3.63) is 35.9 Å². The van der Waals surface area contributed by atoms with Gasteiger partial charge in [0.1, 0.15) is 12.3 Å². The standard InChI is InChI=1S/C16H20FN3O/c1-16(2,3)13(21)14-18-15-11(17)9-12(20(15)19-14)10-7-5-4-6-8-10/h4-8,11-12,15H,9H2,1-3H3,(H,18,19). The summed E-state index contributed by atoms with van der Waals surface area (Å²) in [4.78, 5) is 12.3. The molecule has 1 saturated heterocycles. The van der Waals surface area contributed by atoms with Crippen LogP contribution in [0.15, 0.2) is 35.4 Å². The first-order chi connectivity index (χ1) is 9.88. The molecule has 0 bridgehead atoms. The number of hydrogen-bond donors (Lipinski definition) is 1. The number of carbonyl (C=O) groups is 1. The Morgan fingerprint density at radius 3 is 2.62 bits per heavy atom. The van der Waals surface area contributed by atoms with E-state index >= 15 is 0 Å². The maximum Gasteiger partial charge on any atom is 0.204 e. The van der Waals surface area contributed by atoms with E-state index in [4.69, 9.17) is 0 Å². The number of halogens is 1. The number of rotatable bonds is 2. The Bertz CT molecular complexity index is 579. The van der Waals surface area contributed by atoms with Gasteiger partial charge in [0.15, 0.2) is 5.84 Å². The summed E-state index contributed by atoms with van der Waals surface area (Å²) < 4.78 is 14.3. The second kappa shape index (κ2) is 4.83. The number of fused-ring (bicyclic) bond motifs is 1. The molecule has 0 amide bonds. The third-order valence-electron chi connectivity index (χ3n) is 3.98. The van der Waals surface area contributed by atoms with Gasteiger partial charge >= 0.3 is 0 Å². The lowest BCUT2D eigenvalue weighted by molar-refractivity contribution is -0.119. The Kier molecular flexibility index (Phi) is 3.23. The van der Waals surface area contributed by atoms with Crippen molar-refractivity contribution in [2.75, 3.05) is 0 Å². The Balaban J connectivity index is 1.89. The molecule has 0 radical (unpaired) electrons. The first kappa shape index (κ1) is 14.0. The number of ketones is 1. The van der Waals surface area contributed by atoms with Gasteiger partial charge in [0.2, 0.25) is 5.78 Å². The lowest BCUT2D eigenvalue weighted by Crippen LogP contribution is -2.44. The fourth-order valence-electron chi connectivity index (χ4n) is 2.81. The minimum Gasteiger partial charge on any atom is -0.342 e. The smallest absolute Gasteiger partial charge is 0.204 e. The predicted octanol–water partition coefficient (Wildman–Crippen LogP) is 2.63. The maximum absolute atomic E-state index is 14.3. The monoisotopic (exact) mass is 289 g/mol.